The van der Waals surface area contributed by atoms with E-state index in [1.165, 1.54) is 13.0 Å². The highest BCUT2D eigenvalue weighted by atomic mass is 16.6. The molecule has 0 unspecified atom stereocenters. The van der Waals surface area contributed by atoms with Gasteiger partial charge in [0.15, 0.2) is 11.9 Å². The monoisotopic (exact) mass is 198 g/mol. The quantitative estimate of drug-likeness (QED) is 0.631. The lowest BCUT2D eigenvalue weighted by Gasteiger charge is -2.20. The van der Waals surface area contributed by atoms with E-state index < -0.39 is 18.2 Å². The van der Waals surface area contributed by atoms with E-state index in [4.69, 9.17) is 9.47 Å². The predicted molar refractivity (Wildman–Crippen MR) is 49.7 cm³/mol. The Morgan fingerprint density at radius 3 is 2.64 bits per heavy atom. The number of hydrogen-bond donors (Lipinski definition) is 0. The van der Waals surface area contributed by atoms with Crippen LogP contribution in [0.1, 0.15) is 20.8 Å². The molecule has 4 nitrogen and oxygen atoms in total. The van der Waals surface area contributed by atoms with Gasteiger partial charge in [-0.25, -0.2) is 0 Å². The van der Waals surface area contributed by atoms with Crippen LogP contribution < -0.4 is 0 Å². The summed E-state index contributed by atoms with van der Waals surface area (Å²) in [6.45, 7) is 5.00. The van der Waals surface area contributed by atoms with E-state index in [-0.39, 0.29) is 11.9 Å². The van der Waals surface area contributed by atoms with E-state index in [9.17, 15) is 9.59 Å². The molecule has 0 aliphatic heterocycles. The van der Waals surface area contributed by atoms with Gasteiger partial charge in [-0.2, -0.15) is 0 Å². The van der Waals surface area contributed by atoms with E-state index in [0.29, 0.717) is 0 Å². The summed E-state index contributed by atoms with van der Waals surface area (Å²) in [6.07, 6.45) is 1.77. The lowest BCUT2D eigenvalue weighted by atomic mass is 10.2. The third-order valence-corrected chi connectivity index (χ3v) is 1.75. The molecule has 0 saturated heterocycles. The molecule has 0 heterocycles. The first kappa shape index (κ1) is 10.9. The zero-order valence-electron chi connectivity index (χ0n) is 8.52. The molecule has 14 heavy (non-hydrogen) atoms. The van der Waals surface area contributed by atoms with Crippen molar-refractivity contribution in [1.82, 2.24) is 0 Å². The van der Waals surface area contributed by atoms with Crippen molar-refractivity contribution in [2.75, 3.05) is 0 Å². The third kappa shape index (κ3) is 2.67. The lowest BCUT2D eigenvalue weighted by molar-refractivity contribution is -0.158. The van der Waals surface area contributed by atoms with E-state index in [0.717, 1.165) is 0 Å². The highest BCUT2D eigenvalue weighted by Crippen LogP contribution is 2.16. The molecule has 0 aromatic heterocycles. The first-order valence-electron chi connectivity index (χ1n) is 4.55. The number of carbonyl (C=O) groups is 2. The molecule has 0 amide bonds. The van der Waals surface area contributed by atoms with Crippen LogP contribution >= 0.6 is 0 Å². The largest absolute Gasteiger partial charge is 0.451 e. The van der Waals surface area contributed by atoms with Gasteiger partial charge in [-0.1, -0.05) is 0 Å². The summed E-state index contributed by atoms with van der Waals surface area (Å²) in [7, 11) is 0. The molecule has 1 aliphatic carbocycles. The van der Waals surface area contributed by atoms with Crippen LogP contribution in [-0.4, -0.2) is 30.1 Å². The topological polar surface area (TPSA) is 52.6 Å². The minimum absolute atomic E-state index is 0.00592. The molecule has 0 bridgehead atoms. The van der Waals surface area contributed by atoms with Gasteiger partial charge in [0.05, 0.1) is 6.10 Å². The van der Waals surface area contributed by atoms with Crippen LogP contribution in [0.3, 0.4) is 0 Å². The molecular weight excluding hydrogens is 184 g/mol. The van der Waals surface area contributed by atoms with Crippen molar-refractivity contribution < 1.29 is 19.1 Å². The van der Waals surface area contributed by atoms with Gasteiger partial charge in [0.2, 0.25) is 0 Å². The minimum atomic E-state index is -0.796. The average Bonchev–Trinajstić information content (AvgIpc) is 2.34. The smallest absolute Gasteiger partial charge is 0.303 e. The first-order valence-corrected chi connectivity index (χ1v) is 4.55. The number of rotatable bonds is 3. The van der Waals surface area contributed by atoms with Gasteiger partial charge in [-0.3, -0.25) is 9.59 Å². The molecule has 0 aromatic rings. The maximum absolute atomic E-state index is 11.3. The van der Waals surface area contributed by atoms with Crippen LogP contribution in [0, 0.1) is 0 Å². The number of ether oxygens (including phenoxy) is 2. The zero-order valence-corrected chi connectivity index (χ0v) is 8.52. The fraction of sp³-hybridized carbons (Fsp3) is 0.600. The molecule has 78 valence electrons. The Labute approximate surface area is 82.9 Å². The normalized spacial score (nSPS) is 25.9. The highest BCUT2D eigenvalue weighted by molar-refractivity contribution is 5.98. The molecule has 1 aliphatic rings. The van der Waals surface area contributed by atoms with Crippen LogP contribution in [0.2, 0.25) is 0 Å². The zero-order chi connectivity index (χ0) is 10.7. The molecule has 2 atom stereocenters. The van der Waals surface area contributed by atoms with Crippen LogP contribution in [-0.2, 0) is 19.1 Å². The molecule has 0 spiro atoms. The Hall–Kier alpha value is -1.16. The third-order valence-electron chi connectivity index (χ3n) is 1.75. The van der Waals surface area contributed by atoms with Gasteiger partial charge in [0, 0.05) is 6.92 Å². The fourth-order valence-corrected chi connectivity index (χ4v) is 1.28. The molecule has 4 heteroatoms. The van der Waals surface area contributed by atoms with Gasteiger partial charge < -0.3 is 9.47 Å². The van der Waals surface area contributed by atoms with Gasteiger partial charge in [-0.15, -0.1) is 0 Å². The summed E-state index contributed by atoms with van der Waals surface area (Å²) in [5.41, 5.74) is 0. The number of hydrogen-bond acceptors (Lipinski definition) is 4. The molecule has 1 rings (SSSR count). The average molecular weight is 198 g/mol. The predicted octanol–water partition coefficient (Wildman–Crippen LogP) is 0.851. The summed E-state index contributed by atoms with van der Waals surface area (Å²) in [5.74, 6) is -0.685. The van der Waals surface area contributed by atoms with E-state index in [1.54, 1.807) is 6.08 Å². The van der Waals surface area contributed by atoms with Crippen LogP contribution in [0.25, 0.3) is 0 Å². The highest BCUT2D eigenvalue weighted by Gasteiger charge is 2.34. The Bertz CT molecular complexity index is 267. The van der Waals surface area contributed by atoms with Gasteiger partial charge in [0.25, 0.3) is 0 Å². The first-order chi connectivity index (χ1) is 6.50. The van der Waals surface area contributed by atoms with Crippen LogP contribution in [0.15, 0.2) is 12.2 Å². The second-order valence-electron chi connectivity index (χ2n) is 3.44. The van der Waals surface area contributed by atoms with Crippen LogP contribution in [0.5, 0.6) is 0 Å². The molecule has 0 aromatic carbocycles. The number of esters is 1. The summed E-state index contributed by atoms with van der Waals surface area (Å²) in [5, 5.41) is 0. The van der Waals surface area contributed by atoms with E-state index >= 15 is 0 Å². The maximum Gasteiger partial charge on any atom is 0.303 e. The Morgan fingerprint density at radius 1 is 1.50 bits per heavy atom. The Balaban J connectivity index is 2.61. The summed E-state index contributed by atoms with van der Waals surface area (Å²) >= 11 is 0. The fourth-order valence-electron chi connectivity index (χ4n) is 1.28. The Morgan fingerprint density at radius 2 is 2.14 bits per heavy atom. The van der Waals surface area contributed by atoms with E-state index in [1.807, 2.05) is 13.8 Å². The lowest BCUT2D eigenvalue weighted by Crippen LogP contribution is -2.35. The van der Waals surface area contributed by atoms with Gasteiger partial charge in [-0.05, 0) is 26.0 Å². The van der Waals surface area contributed by atoms with E-state index in [2.05, 4.69) is 0 Å². The molecule has 0 radical (unpaired) electrons. The second-order valence-corrected chi connectivity index (χ2v) is 3.44. The summed E-state index contributed by atoms with van der Waals surface area (Å²) in [4.78, 5) is 22.0. The summed E-state index contributed by atoms with van der Waals surface area (Å²) in [6, 6.07) is 0. The second kappa shape index (κ2) is 4.37. The van der Waals surface area contributed by atoms with Gasteiger partial charge >= 0.3 is 5.97 Å². The molecule has 0 fully saturated rings. The Kier molecular flexibility index (Phi) is 3.41. The standard InChI is InChI=1S/C10H14O4/c1-6(2)13-9-5-4-8(12)10(9)14-7(3)11/h4-6,9-10H,1-3H3/t9-,10-/m1/s1. The number of carbonyl (C=O) groups excluding carboxylic acids is 2. The molecule has 0 N–H and O–H groups in total. The van der Waals surface area contributed by atoms with Gasteiger partial charge in [0.1, 0.15) is 6.10 Å². The van der Waals surface area contributed by atoms with Crippen molar-refractivity contribution >= 4 is 11.8 Å². The molecule has 0 saturated carbocycles. The van der Waals surface area contributed by atoms with Crippen molar-refractivity contribution in [1.29, 1.82) is 0 Å². The van der Waals surface area contributed by atoms with Crippen molar-refractivity contribution in [2.24, 2.45) is 0 Å². The van der Waals surface area contributed by atoms with Crippen LogP contribution in [0.4, 0.5) is 0 Å². The maximum atomic E-state index is 11.3. The molecular formula is C10H14O4. The SMILES string of the molecule is CC(=O)O[C@@H]1C(=O)C=C[C@H]1OC(C)C. The summed E-state index contributed by atoms with van der Waals surface area (Å²) < 4.78 is 10.3. The van der Waals surface area contributed by atoms with Crippen molar-refractivity contribution in [3.63, 3.8) is 0 Å². The van der Waals surface area contributed by atoms with Crippen molar-refractivity contribution in [3.8, 4) is 0 Å². The van der Waals surface area contributed by atoms with Crippen molar-refractivity contribution in [3.05, 3.63) is 12.2 Å². The van der Waals surface area contributed by atoms with Crippen molar-refractivity contribution in [2.45, 2.75) is 39.1 Å². The number of ketones is 1. The minimum Gasteiger partial charge on any atom is -0.451 e.